The number of nitrogens with one attached hydrogen (secondary N) is 1. The van der Waals surface area contributed by atoms with Gasteiger partial charge in [-0.25, -0.2) is 23.1 Å². The SMILES string of the molecule is Cc1ccc(CS(=O)(=O)NCc2cc(C)nc(N(C)C)n2)cc1. The van der Waals surface area contributed by atoms with Crippen molar-refractivity contribution in [2.24, 2.45) is 0 Å². The second kappa shape index (κ2) is 7.06. The molecule has 0 aliphatic rings. The van der Waals surface area contributed by atoms with E-state index in [1.165, 1.54) is 0 Å². The van der Waals surface area contributed by atoms with E-state index in [-0.39, 0.29) is 12.3 Å². The van der Waals surface area contributed by atoms with E-state index in [9.17, 15) is 8.42 Å². The first-order valence-corrected chi connectivity index (χ1v) is 8.95. The van der Waals surface area contributed by atoms with Gasteiger partial charge in [-0.15, -0.1) is 0 Å². The zero-order chi connectivity index (χ0) is 17.0. The lowest BCUT2D eigenvalue weighted by molar-refractivity contribution is 0.579. The van der Waals surface area contributed by atoms with Gasteiger partial charge in [-0.05, 0) is 25.5 Å². The molecule has 0 bridgehead atoms. The largest absolute Gasteiger partial charge is 0.347 e. The molecule has 1 aromatic carbocycles. The summed E-state index contributed by atoms with van der Waals surface area (Å²) < 4.78 is 27.0. The summed E-state index contributed by atoms with van der Waals surface area (Å²) in [7, 11) is 0.279. The molecule has 0 atom stereocenters. The van der Waals surface area contributed by atoms with Gasteiger partial charge in [0.15, 0.2) is 0 Å². The molecule has 0 aliphatic heterocycles. The molecular weight excluding hydrogens is 312 g/mol. The van der Waals surface area contributed by atoms with E-state index in [0.717, 1.165) is 16.8 Å². The normalized spacial score (nSPS) is 11.5. The van der Waals surface area contributed by atoms with E-state index in [1.807, 2.05) is 52.2 Å². The van der Waals surface area contributed by atoms with Crippen LogP contribution in [0.1, 0.15) is 22.5 Å². The summed E-state index contributed by atoms with van der Waals surface area (Å²) in [5.74, 6) is 0.524. The number of aromatic nitrogens is 2. The molecule has 0 saturated carbocycles. The number of aryl methyl sites for hydroxylation is 2. The molecule has 0 radical (unpaired) electrons. The third kappa shape index (κ3) is 5.30. The summed E-state index contributed by atoms with van der Waals surface area (Å²) in [4.78, 5) is 10.4. The Morgan fingerprint density at radius 2 is 1.74 bits per heavy atom. The Bertz CT molecular complexity index is 771. The highest BCUT2D eigenvalue weighted by atomic mass is 32.2. The number of rotatable bonds is 6. The van der Waals surface area contributed by atoms with Crippen molar-refractivity contribution in [3.8, 4) is 0 Å². The Labute approximate surface area is 137 Å². The third-order valence-corrected chi connectivity index (χ3v) is 4.54. The maximum atomic E-state index is 12.2. The van der Waals surface area contributed by atoms with Gasteiger partial charge in [-0.1, -0.05) is 29.8 Å². The second-order valence-corrected chi connectivity index (χ2v) is 7.57. The minimum atomic E-state index is -3.42. The van der Waals surface area contributed by atoms with E-state index in [0.29, 0.717) is 11.6 Å². The van der Waals surface area contributed by atoms with Crippen molar-refractivity contribution in [3.63, 3.8) is 0 Å². The van der Waals surface area contributed by atoms with Crippen LogP contribution in [0, 0.1) is 13.8 Å². The molecule has 2 aromatic rings. The molecule has 7 heteroatoms. The van der Waals surface area contributed by atoms with E-state index in [2.05, 4.69) is 14.7 Å². The molecule has 6 nitrogen and oxygen atoms in total. The molecule has 0 aliphatic carbocycles. The van der Waals surface area contributed by atoms with Crippen molar-refractivity contribution >= 4 is 16.0 Å². The van der Waals surface area contributed by atoms with E-state index in [1.54, 1.807) is 11.0 Å². The minimum absolute atomic E-state index is 0.0438. The molecule has 23 heavy (non-hydrogen) atoms. The molecule has 0 fully saturated rings. The van der Waals surface area contributed by atoms with Crippen LogP contribution < -0.4 is 9.62 Å². The average molecular weight is 334 g/mol. The molecular formula is C16H22N4O2S. The zero-order valence-corrected chi connectivity index (χ0v) is 14.7. The van der Waals surface area contributed by atoms with Crippen LogP contribution in [-0.4, -0.2) is 32.5 Å². The number of anilines is 1. The molecule has 0 amide bonds. The Kier molecular flexibility index (Phi) is 5.33. The molecule has 1 aromatic heterocycles. The molecule has 2 rings (SSSR count). The van der Waals surface area contributed by atoms with Gasteiger partial charge in [0.2, 0.25) is 16.0 Å². The summed E-state index contributed by atoms with van der Waals surface area (Å²) in [5.41, 5.74) is 3.31. The molecule has 124 valence electrons. The maximum absolute atomic E-state index is 12.2. The molecule has 1 N–H and O–H groups in total. The predicted molar refractivity (Wildman–Crippen MR) is 91.7 cm³/mol. The van der Waals surface area contributed by atoms with Crippen LogP contribution in [0.5, 0.6) is 0 Å². The minimum Gasteiger partial charge on any atom is -0.347 e. The predicted octanol–water partition coefficient (Wildman–Crippen LogP) is 1.78. The van der Waals surface area contributed by atoms with Gasteiger partial charge in [0, 0.05) is 19.8 Å². The monoisotopic (exact) mass is 334 g/mol. The summed E-state index contributed by atoms with van der Waals surface area (Å²) in [6, 6.07) is 9.24. The first-order valence-electron chi connectivity index (χ1n) is 7.30. The second-order valence-electron chi connectivity index (χ2n) is 5.76. The summed E-state index contributed by atoms with van der Waals surface area (Å²) in [6.07, 6.45) is 0. The quantitative estimate of drug-likeness (QED) is 0.871. The highest BCUT2D eigenvalue weighted by Gasteiger charge is 2.12. The molecule has 0 unspecified atom stereocenters. The van der Waals surface area contributed by atoms with Crippen LogP contribution >= 0.6 is 0 Å². The fraction of sp³-hybridized carbons (Fsp3) is 0.375. The lowest BCUT2D eigenvalue weighted by atomic mass is 10.2. The zero-order valence-electron chi connectivity index (χ0n) is 13.9. The van der Waals surface area contributed by atoms with Crippen molar-refractivity contribution in [2.45, 2.75) is 26.1 Å². The summed E-state index contributed by atoms with van der Waals surface area (Å²) in [6.45, 7) is 3.98. The van der Waals surface area contributed by atoms with Crippen molar-refractivity contribution in [1.29, 1.82) is 0 Å². The Balaban J connectivity index is 2.05. The van der Waals surface area contributed by atoms with E-state index >= 15 is 0 Å². The van der Waals surface area contributed by atoms with Gasteiger partial charge in [0.1, 0.15) is 0 Å². The van der Waals surface area contributed by atoms with Crippen LogP contribution in [0.15, 0.2) is 30.3 Å². The first kappa shape index (κ1) is 17.4. The standard InChI is InChI=1S/C16H22N4O2S/c1-12-5-7-14(8-6-12)11-23(21,22)17-10-15-9-13(2)18-16(19-15)20(3)4/h5-9,17H,10-11H2,1-4H3. The van der Waals surface area contributed by atoms with E-state index in [4.69, 9.17) is 0 Å². The fourth-order valence-corrected chi connectivity index (χ4v) is 3.15. The topological polar surface area (TPSA) is 75.2 Å². The fourth-order valence-electron chi connectivity index (χ4n) is 2.05. The van der Waals surface area contributed by atoms with Gasteiger partial charge in [0.05, 0.1) is 18.0 Å². The van der Waals surface area contributed by atoms with Gasteiger partial charge >= 0.3 is 0 Å². The number of hydrogen-bond acceptors (Lipinski definition) is 5. The number of benzene rings is 1. The van der Waals surface area contributed by atoms with E-state index < -0.39 is 10.0 Å². The Morgan fingerprint density at radius 1 is 1.09 bits per heavy atom. The van der Waals surface area contributed by atoms with Crippen LogP contribution in [0.2, 0.25) is 0 Å². The number of sulfonamides is 1. The van der Waals surface area contributed by atoms with Gasteiger partial charge in [-0.2, -0.15) is 0 Å². The van der Waals surface area contributed by atoms with Crippen molar-refractivity contribution in [2.75, 3.05) is 19.0 Å². The summed E-state index contributed by atoms with van der Waals surface area (Å²) in [5, 5.41) is 0. The van der Waals surface area contributed by atoms with Gasteiger partial charge in [-0.3, -0.25) is 0 Å². The van der Waals surface area contributed by atoms with Crippen molar-refractivity contribution in [1.82, 2.24) is 14.7 Å². The lowest BCUT2D eigenvalue weighted by Gasteiger charge is -2.13. The Hall–Kier alpha value is -1.99. The highest BCUT2D eigenvalue weighted by molar-refractivity contribution is 7.88. The van der Waals surface area contributed by atoms with Crippen LogP contribution in [0.25, 0.3) is 0 Å². The first-order chi connectivity index (χ1) is 10.7. The number of nitrogens with zero attached hydrogens (tertiary/aromatic N) is 3. The van der Waals surface area contributed by atoms with Crippen LogP contribution in [0.3, 0.4) is 0 Å². The van der Waals surface area contributed by atoms with Crippen LogP contribution in [0.4, 0.5) is 5.95 Å². The molecule has 0 spiro atoms. The highest BCUT2D eigenvalue weighted by Crippen LogP contribution is 2.10. The third-order valence-electron chi connectivity index (χ3n) is 3.25. The average Bonchev–Trinajstić information content (AvgIpc) is 2.47. The Morgan fingerprint density at radius 3 is 2.35 bits per heavy atom. The lowest BCUT2D eigenvalue weighted by Crippen LogP contribution is -2.26. The van der Waals surface area contributed by atoms with Gasteiger partial charge in [0.25, 0.3) is 0 Å². The smallest absolute Gasteiger partial charge is 0.225 e. The van der Waals surface area contributed by atoms with Crippen molar-refractivity contribution in [3.05, 3.63) is 52.8 Å². The van der Waals surface area contributed by atoms with Crippen LogP contribution in [-0.2, 0) is 22.3 Å². The van der Waals surface area contributed by atoms with Crippen molar-refractivity contribution < 1.29 is 8.42 Å². The molecule has 1 heterocycles. The maximum Gasteiger partial charge on any atom is 0.225 e. The number of hydrogen-bond donors (Lipinski definition) is 1. The van der Waals surface area contributed by atoms with Gasteiger partial charge < -0.3 is 4.90 Å². The molecule has 0 saturated heterocycles. The summed E-state index contributed by atoms with van der Waals surface area (Å²) >= 11 is 0.